The van der Waals surface area contributed by atoms with E-state index >= 15 is 0 Å². The molecule has 0 unspecified atom stereocenters. The van der Waals surface area contributed by atoms with E-state index in [9.17, 15) is 0 Å². The average Bonchev–Trinajstić information content (AvgIpc) is 1.86. The molecule has 68 valence electrons. The molecule has 11 heavy (non-hydrogen) atoms. The Morgan fingerprint density at radius 1 is 0.909 bits per heavy atom. The summed E-state index contributed by atoms with van der Waals surface area (Å²) in [6.45, 7) is 13.7. The number of hydrogen-bond donors (Lipinski definition) is 1. The molecule has 1 atom stereocenters. The molecular weight excluding hydrogens is 134 g/mol. The molecule has 0 aliphatic rings. The zero-order valence-corrected chi connectivity index (χ0v) is 8.65. The minimum atomic E-state index is 0.773. The molecule has 0 amide bonds. The smallest absolute Gasteiger partial charge is 0.00206 e. The molecule has 1 nitrogen and oxygen atoms in total. The van der Waals surface area contributed by atoms with Crippen LogP contribution in [0.15, 0.2) is 0 Å². The zero-order valence-electron chi connectivity index (χ0n) is 8.65. The average molecular weight is 157 g/mol. The second-order valence-corrected chi connectivity index (χ2v) is 4.27. The number of nitrogens with one attached hydrogen (secondary N) is 1. The summed E-state index contributed by atoms with van der Waals surface area (Å²) in [5.41, 5.74) is 0. The molecule has 0 fully saturated rings. The normalized spacial score (nSPS) is 14.5. The van der Waals surface area contributed by atoms with Gasteiger partial charge in [0.05, 0.1) is 0 Å². The van der Waals surface area contributed by atoms with Gasteiger partial charge >= 0.3 is 0 Å². The molecule has 0 aliphatic heterocycles. The lowest BCUT2D eigenvalue weighted by molar-refractivity contribution is 0.382. The first-order valence-corrected chi connectivity index (χ1v) is 4.74. The lowest BCUT2D eigenvalue weighted by Crippen LogP contribution is -2.27. The van der Waals surface area contributed by atoms with Crippen molar-refractivity contribution in [2.24, 2.45) is 17.8 Å². The predicted molar refractivity (Wildman–Crippen MR) is 51.7 cm³/mol. The molecule has 0 heterocycles. The molecular formula is C10H23N. The SMILES string of the molecule is CC(C)CNC[C@H](C)C(C)C. The van der Waals surface area contributed by atoms with Gasteiger partial charge in [0, 0.05) is 0 Å². The van der Waals surface area contributed by atoms with E-state index in [1.807, 2.05) is 0 Å². The summed E-state index contributed by atoms with van der Waals surface area (Å²) in [7, 11) is 0. The largest absolute Gasteiger partial charge is 0.316 e. The Kier molecular flexibility index (Phi) is 5.57. The van der Waals surface area contributed by atoms with E-state index in [1.165, 1.54) is 0 Å². The van der Waals surface area contributed by atoms with Crippen LogP contribution in [0.2, 0.25) is 0 Å². The molecule has 0 saturated heterocycles. The van der Waals surface area contributed by atoms with Crippen molar-refractivity contribution in [2.75, 3.05) is 13.1 Å². The van der Waals surface area contributed by atoms with Crippen LogP contribution in [0.3, 0.4) is 0 Å². The summed E-state index contributed by atoms with van der Waals surface area (Å²) < 4.78 is 0. The lowest BCUT2D eigenvalue weighted by Gasteiger charge is -2.16. The third-order valence-corrected chi connectivity index (χ3v) is 2.16. The summed E-state index contributed by atoms with van der Waals surface area (Å²) in [6, 6.07) is 0. The van der Waals surface area contributed by atoms with Crippen LogP contribution in [-0.4, -0.2) is 13.1 Å². The van der Waals surface area contributed by atoms with Crippen LogP contribution >= 0.6 is 0 Å². The molecule has 1 heteroatoms. The third kappa shape index (κ3) is 6.36. The Morgan fingerprint density at radius 3 is 1.82 bits per heavy atom. The molecule has 0 radical (unpaired) electrons. The van der Waals surface area contributed by atoms with Gasteiger partial charge in [-0.05, 0) is 30.8 Å². The van der Waals surface area contributed by atoms with Gasteiger partial charge in [0.25, 0.3) is 0 Å². The van der Waals surface area contributed by atoms with Crippen LogP contribution in [0.4, 0.5) is 0 Å². The van der Waals surface area contributed by atoms with Gasteiger partial charge < -0.3 is 5.32 Å². The highest BCUT2D eigenvalue weighted by Crippen LogP contribution is 2.07. The highest BCUT2D eigenvalue weighted by Gasteiger charge is 2.05. The van der Waals surface area contributed by atoms with E-state index in [4.69, 9.17) is 0 Å². The molecule has 0 saturated carbocycles. The molecule has 0 bridgehead atoms. The second kappa shape index (κ2) is 5.59. The molecule has 1 N–H and O–H groups in total. The van der Waals surface area contributed by atoms with Crippen LogP contribution < -0.4 is 5.32 Å². The van der Waals surface area contributed by atoms with Gasteiger partial charge in [-0.25, -0.2) is 0 Å². The Labute approximate surface area is 71.6 Å². The van der Waals surface area contributed by atoms with Crippen molar-refractivity contribution in [1.82, 2.24) is 5.32 Å². The maximum Gasteiger partial charge on any atom is -0.00206 e. The molecule has 0 aromatic heterocycles. The summed E-state index contributed by atoms with van der Waals surface area (Å²) in [6.07, 6.45) is 0. The fourth-order valence-electron chi connectivity index (χ4n) is 0.835. The Morgan fingerprint density at radius 2 is 1.45 bits per heavy atom. The van der Waals surface area contributed by atoms with E-state index in [0.29, 0.717) is 0 Å². The van der Waals surface area contributed by atoms with Crippen LogP contribution in [0.5, 0.6) is 0 Å². The quantitative estimate of drug-likeness (QED) is 0.646. The van der Waals surface area contributed by atoms with Crippen LogP contribution in [0, 0.1) is 17.8 Å². The van der Waals surface area contributed by atoms with Gasteiger partial charge in [0.1, 0.15) is 0 Å². The summed E-state index contributed by atoms with van der Waals surface area (Å²) in [5.74, 6) is 2.37. The van der Waals surface area contributed by atoms with Crippen molar-refractivity contribution in [3.8, 4) is 0 Å². The Hall–Kier alpha value is -0.0400. The topological polar surface area (TPSA) is 12.0 Å². The molecule has 0 aromatic rings. The maximum atomic E-state index is 3.47. The minimum Gasteiger partial charge on any atom is -0.316 e. The van der Waals surface area contributed by atoms with Gasteiger partial charge in [-0.3, -0.25) is 0 Å². The van der Waals surface area contributed by atoms with Crippen LogP contribution in [-0.2, 0) is 0 Å². The number of rotatable bonds is 5. The van der Waals surface area contributed by atoms with Crippen molar-refractivity contribution in [2.45, 2.75) is 34.6 Å². The van der Waals surface area contributed by atoms with Gasteiger partial charge in [-0.2, -0.15) is 0 Å². The van der Waals surface area contributed by atoms with E-state index in [1.54, 1.807) is 0 Å². The first-order chi connectivity index (χ1) is 5.04. The van der Waals surface area contributed by atoms with E-state index in [-0.39, 0.29) is 0 Å². The zero-order chi connectivity index (χ0) is 8.85. The lowest BCUT2D eigenvalue weighted by atomic mass is 9.98. The minimum absolute atomic E-state index is 0.773. The van der Waals surface area contributed by atoms with E-state index < -0.39 is 0 Å². The van der Waals surface area contributed by atoms with Crippen molar-refractivity contribution < 1.29 is 0 Å². The summed E-state index contributed by atoms with van der Waals surface area (Å²) in [5, 5.41) is 3.47. The van der Waals surface area contributed by atoms with Gasteiger partial charge in [0.15, 0.2) is 0 Å². The Balaban J connectivity index is 3.24. The van der Waals surface area contributed by atoms with Crippen molar-refractivity contribution >= 4 is 0 Å². The second-order valence-electron chi connectivity index (χ2n) is 4.27. The highest BCUT2D eigenvalue weighted by molar-refractivity contribution is 4.61. The van der Waals surface area contributed by atoms with E-state index in [2.05, 4.69) is 39.9 Å². The van der Waals surface area contributed by atoms with Gasteiger partial charge in [0.2, 0.25) is 0 Å². The fourth-order valence-corrected chi connectivity index (χ4v) is 0.835. The standard InChI is InChI=1S/C10H23N/c1-8(2)6-11-7-10(5)9(3)4/h8-11H,6-7H2,1-5H3/t10-/m0/s1. The van der Waals surface area contributed by atoms with Gasteiger partial charge in [-0.1, -0.05) is 34.6 Å². The van der Waals surface area contributed by atoms with E-state index in [0.717, 1.165) is 30.8 Å². The van der Waals surface area contributed by atoms with Gasteiger partial charge in [-0.15, -0.1) is 0 Å². The molecule has 0 aliphatic carbocycles. The monoisotopic (exact) mass is 157 g/mol. The van der Waals surface area contributed by atoms with Crippen molar-refractivity contribution in [3.05, 3.63) is 0 Å². The first-order valence-electron chi connectivity index (χ1n) is 4.74. The van der Waals surface area contributed by atoms with Crippen molar-refractivity contribution in [3.63, 3.8) is 0 Å². The molecule has 0 spiro atoms. The fraction of sp³-hybridized carbons (Fsp3) is 1.00. The first kappa shape index (κ1) is 11.0. The number of hydrogen-bond acceptors (Lipinski definition) is 1. The predicted octanol–water partition coefficient (Wildman–Crippen LogP) is 2.52. The van der Waals surface area contributed by atoms with Crippen LogP contribution in [0.1, 0.15) is 34.6 Å². The maximum absolute atomic E-state index is 3.47. The summed E-state index contributed by atoms with van der Waals surface area (Å²) >= 11 is 0. The molecule has 0 rings (SSSR count). The summed E-state index contributed by atoms with van der Waals surface area (Å²) in [4.78, 5) is 0. The molecule has 0 aromatic carbocycles. The highest BCUT2D eigenvalue weighted by atomic mass is 14.9. The van der Waals surface area contributed by atoms with Crippen LogP contribution in [0.25, 0.3) is 0 Å². The Bertz CT molecular complexity index is 86.9. The third-order valence-electron chi connectivity index (χ3n) is 2.16. The van der Waals surface area contributed by atoms with Crippen molar-refractivity contribution in [1.29, 1.82) is 0 Å².